The fraction of sp³-hybridized carbons (Fsp3) is 0.250. The molecule has 0 aliphatic rings. The van der Waals surface area contributed by atoms with Crippen LogP contribution in [-0.2, 0) is 6.18 Å². The van der Waals surface area contributed by atoms with Crippen molar-refractivity contribution >= 4 is 17.6 Å². The third-order valence-electron chi connectivity index (χ3n) is 2.61. The molecule has 1 aromatic carbocycles. The molecule has 0 saturated heterocycles. The van der Waals surface area contributed by atoms with Crippen molar-refractivity contribution in [3.05, 3.63) is 29.3 Å². The third kappa shape index (κ3) is 3.50. The number of hydrogen-bond acceptors (Lipinski definition) is 6. The molecular weight excluding hydrogens is 287 g/mol. The molecule has 9 heteroatoms. The normalized spacial score (nSPS) is 11.3. The van der Waals surface area contributed by atoms with Crippen LogP contribution in [0.1, 0.15) is 11.1 Å². The van der Waals surface area contributed by atoms with E-state index < -0.39 is 11.7 Å². The molecule has 2 rings (SSSR count). The lowest BCUT2D eigenvalue weighted by molar-refractivity contribution is -0.138. The molecular formula is C12H12F3N5O. The quantitative estimate of drug-likeness (QED) is 0.905. The highest BCUT2D eigenvalue weighted by Crippen LogP contribution is 2.33. The number of benzene rings is 1. The Hall–Kier alpha value is -2.58. The van der Waals surface area contributed by atoms with Crippen molar-refractivity contribution in [2.75, 3.05) is 18.2 Å². The topological polar surface area (TPSA) is 86.0 Å². The maximum absolute atomic E-state index is 12.8. The summed E-state index contributed by atoms with van der Waals surface area (Å²) >= 11 is 0. The van der Waals surface area contributed by atoms with Gasteiger partial charge in [-0.3, -0.25) is 0 Å². The molecule has 112 valence electrons. The molecule has 0 amide bonds. The highest BCUT2D eigenvalue weighted by molar-refractivity contribution is 5.57. The van der Waals surface area contributed by atoms with Crippen molar-refractivity contribution in [2.24, 2.45) is 0 Å². The monoisotopic (exact) mass is 299 g/mol. The lowest BCUT2D eigenvalue weighted by Gasteiger charge is -2.13. The molecule has 0 aliphatic heterocycles. The van der Waals surface area contributed by atoms with Crippen LogP contribution in [0.15, 0.2) is 18.2 Å². The second-order valence-electron chi connectivity index (χ2n) is 4.16. The summed E-state index contributed by atoms with van der Waals surface area (Å²) < 4.78 is 43.3. The van der Waals surface area contributed by atoms with Gasteiger partial charge in [0, 0.05) is 5.69 Å². The van der Waals surface area contributed by atoms with Gasteiger partial charge in [-0.25, -0.2) is 0 Å². The first-order valence-corrected chi connectivity index (χ1v) is 5.80. The highest BCUT2D eigenvalue weighted by atomic mass is 19.4. The van der Waals surface area contributed by atoms with E-state index in [9.17, 15) is 13.2 Å². The largest absolute Gasteiger partial charge is 0.467 e. The van der Waals surface area contributed by atoms with Crippen LogP contribution in [0.3, 0.4) is 0 Å². The molecule has 21 heavy (non-hydrogen) atoms. The zero-order valence-corrected chi connectivity index (χ0v) is 11.2. The number of hydrogen-bond donors (Lipinski definition) is 2. The lowest BCUT2D eigenvalue weighted by Crippen LogP contribution is -2.09. The Morgan fingerprint density at radius 1 is 1.19 bits per heavy atom. The number of methoxy groups -OCH3 is 1. The molecule has 0 unspecified atom stereocenters. The molecule has 1 aromatic heterocycles. The molecule has 0 spiro atoms. The summed E-state index contributed by atoms with van der Waals surface area (Å²) in [5, 5.41) is 2.64. The van der Waals surface area contributed by atoms with Gasteiger partial charge in [0.15, 0.2) is 0 Å². The van der Waals surface area contributed by atoms with Crippen LogP contribution in [0.4, 0.5) is 30.8 Å². The Morgan fingerprint density at radius 3 is 2.52 bits per heavy atom. The number of rotatable bonds is 3. The SMILES string of the molecule is COc1nc(N)nc(Nc2ccc(C)c(C(F)(F)F)c2)n1. The average Bonchev–Trinajstić information content (AvgIpc) is 2.39. The minimum absolute atomic E-state index is 0.00340. The molecule has 0 saturated carbocycles. The Morgan fingerprint density at radius 2 is 1.90 bits per heavy atom. The Labute approximate surface area is 118 Å². The molecule has 0 bridgehead atoms. The number of nitrogen functional groups attached to an aromatic ring is 1. The Kier molecular flexibility index (Phi) is 3.83. The molecule has 0 radical (unpaired) electrons. The fourth-order valence-electron chi connectivity index (χ4n) is 1.65. The summed E-state index contributed by atoms with van der Waals surface area (Å²) in [4.78, 5) is 11.3. The fourth-order valence-corrected chi connectivity index (χ4v) is 1.65. The summed E-state index contributed by atoms with van der Waals surface area (Å²) in [6.45, 7) is 1.39. The molecule has 1 heterocycles. The average molecular weight is 299 g/mol. The zero-order valence-electron chi connectivity index (χ0n) is 11.2. The van der Waals surface area contributed by atoms with Gasteiger partial charge in [0.2, 0.25) is 11.9 Å². The number of aromatic nitrogens is 3. The number of nitrogens with zero attached hydrogens (tertiary/aromatic N) is 3. The second kappa shape index (κ2) is 5.43. The van der Waals surface area contributed by atoms with Crippen LogP contribution < -0.4 is 15.8 Å². The van der Waals surface area contributed by atoms with Crippen molar-refractivity contribution in [3.8, 4) is 6.01 Å². The summed E-state index contributed by atoms with van der Waals surface area (Å²) in [6, 6.07) is 3.78. The minimum Gasteiger partial charge on any atom is -0.467 e. The lowest BCUT2D eigenvalue weighted by atomic mass is 10.1. The maximum Gasteiger partial charge on any atom is 0.416 e. The summed E-state index contributed by atoms with van der Waals surface area (Å²) in [5.41, 5.74) is 5.02. The van der Waals surface area contributed by atoms with E-state index in [0.717, 1.165) is 6.07 Å². The summed E-state index contributed by atoms with van der Waals surface area (Å²) in [7, 11) is 1.34. The van der Waals surface area contributed by atoms with Crippen molar-refractivity contribution in [1.82, 2.24) is 15.0 Å². The van der Waals surface area contributed by atoms with Crippen LogP contribution in [0.2, 0.25) is 0 Å². The first kappa shape index (κ1) is 14.8. The predicted molar refractivity (Wildman–Crippen MR) is 70.3 cm³/mol. The first-order chi connectivity index (χ1) is 9.79. The van der Waals surface area contributed by atoms with Crippen LogP contribution in [0, 0.1) is 6.92 Å². The predicted octanol–water partition coefficient (Wildman–Crippen LogP) is 2.53. The number of ether oxygens (including phenoxy) is 1. The van der Waals surface area contributed by atoms with Gasteiger partial charge in [0.1, 0.15) is 0 Å². The van der Waals surface area contributed by atoms with Gasteiger partial charge in [-0.05, 0) is 24.6 Å². The second-order valence-corrected chi connectivity index (χ2v) is 4.16. The van der Waals surface area contributed by atoms with E-state index in [0.29, 0.717) is 0 Å². The van der Waals surface area contributed by atoms with Gasteiger partial charge in [0.25, 0.3) is 0 Å². The van der Waals surface area contributed by atoms with Crippen LogP contribution in [0.25, 0.3) is 0 Å². The van der Waals surface area contributed by atoms with Crippen molar-refractivity contribution < 1.29 is 17.9 Å². The van der Waals surface area contributed by atoms with Crippen LogP contribution in [0.5, 0.6) is 6.01 Å². The standard InChI is InChI=1S/C12H12F3N5O/c1-6-3-4-7(5-8(6)12(13,14)15)17-10-18-9(16)19-11(20-10)21-2/h3-5H,1-2H3,(H3,16,17,18,19,20). The Balaban J connectivity index is 2.34. The van der Waals surface area contributed by atoms with E-state index in [1.165, 1.54) is 26.2 Å². The molecule has 6 nitrogen and oxygen atoms in total. The van der Waals surface area contributed by atoms with E-state index in [1.54, 1.807) is 0 Å². The number of anilines is 3. The third-order valence-corrected chi connectivity index (χ3v) is 2.61. The molecule has 0 aliphatic carbocycles. The summed E-state index contributed by atoms with van der Waals surface area (Å²) in [6.07, 6.45) is -4.43. The molecule has 3 N–H and O–H groups in total. The molecule has 2 aromatic rings. The highest BCUT2D eigenvalue weighted by Gasteiger charge is 2.32. The van der Waals surface area contributed by atoms with E-state index >= 15 is 0 Å². The van der Waals surface area contributed by atoms with Crippen LogP contribution >= 0.6 is 0 Å². The minimum atomic E-state index is -4.43. The number of nitrogens with one attached hydrogen (secondary N) is 1. The number of alkyl halides is 3. The smallest absolute Gasteiger partial charge is 0.416 e. The number of halogens is 3. The van der Waals surface area contributed by atoms with Crippen molar-refractivity contribution in [3.63, 3.8) is 0 Å². The van der Waals surface area contributed by atoms with Gasteiger partial charge >= 0.3 is 12.2 Å². The van der Waals surface area contributed by atoms with E-state index in [-0.39, 0.29) is 29.2 Å². The summed E-state index contributed by atoms with van der Waals surface area (Å²) in [5.74, 6) is -0.108. The van der Waals surface area contributed by atoms with Gasteiger partial charge in [-0.15, -0.1) is 0 Å². The molecule has 0 atom stereocenters. The van der Waals surface area contributed by atoms with Gasteiger partial charge in [-0.1, -0.05) is 6.07 Å². The zero-order chi connectivity index (χ0) is 15.6. The van der Waals surface area contributed by atoms with E-state index in [2.05, 4.69) is 20.3 Å². The maximum atomic E-state index is 12.8. The first-order valence-electron chi connectivity index (χ1n) is 5.80. The Bertz CT molecular complexity index is 660. The van der Waals surface area contributed by atoms with Crippen molar-refractivity contribution in [2.45, 2.75) is 13.1 Å². The van der Waals surface area contributed by atoms with Gasteiger partial charge in [-0.2, -0.15) is 28.1 Å². The van der Waals surface area contributed by atoms with Crippen LogP contribution in [-0.4, -0.2) is 22.1 Å². The van der Waals surface area contributed by atoms with E-state index in [4.69, 9.17) is 10.5 Å². The van der Waals surface area contributed by atoms with Gasteiger partial charge < -0.3 is 15.8 Å². The van der Waals surface area contributed by atoms with E-state index in [1.807, 2.05) is 0 Å². The number of aryl methyl sites for hydroxylation is 1. The number of nitrogens with two attached hydrogens (primary N) is 1. The van der Waals surface area contributed by atoms with Crippen molar-refractivity contribution in [1.29, 1.82) is 0 Å². The molecule has 0 fully saturated rings. The van der Waals surface area contributed by atoms with Gasteiger partial charge in [0.05, 0.1) is 12.7 Å².